The lowest BCUT2D eigenvalue weighted by molar-refractivity contribution is 0.102. The zero-order valence-electron chi connectivity index (χ0n) is 14.8. The predicted octanol–water partition coefficient (Wildman–Crippen LogP) is 4.99. The van der Waals surface area contributed by atoms with Gasteiger partial charge in [-0.1, -0.05) is 65.6 Å². The van der Waals surface area contributed by atoms with Crippen molar-refractivity contribution in [1.29, 1.82) is 0 Å². The molecule has 0 fully saturated rings. The molecule has 0 spiro atoms. The van der Waals surface area contributed by atoms with Crippen molar-refractivity contribution in [1.82, 2.24) is 10.2 Å². The Morgan fingerprint density at radius 1 is 1.15 bits per heavy atom. The summed E-state index contributed by atoms with van der Waals surface area (Å²) < 4.78 is 6.19. The lowest BCUT2D eigenvalue weighted by Gasteiger charge is -2.04. The smallest absolute Gasteiger partial charge is 0.257 e. The van der Waals surface area contributed by atoms with Crippen LogP contribution in [0.3, 0.4) is 0 Å². The van der Waals surface area contributed by atoms with E-state index in [4.69, 9.17) is 4.74 Å². The highest BCUT2D eigenvalue weighted by Crippen LogP contribution is 2.26. The maximum Gasteiger partial charge on any atom is 0.257 e. The molecule has 3 rings (SSSR count). The first-order chi connectivity index (χ1) is 13.2. The zero-order valence-corrected chi connectivity index (χ0v) is 16.4. The molecule has 0 radical (unpaired) electrons. The van der Waals surface area contributed by atoms with Crippen molar-refractivity contribution < 1.29 is 9.53 Å². The molecule has 0 atom stereocenters. The third-order valence-corrected chi connectivity index (χ3v) is 5.39. The summed E-state index contributed by atoms with van der Waals surface area (Å²) in [6, 6.07) is 17.1. The van der Waals surface area contributed by atoms with Crippen molar-refractivity contribution in [3.8, 4) is 5.75 Å². The van der Waals surface area contributed by atoms with E-state index in [0.29, 0.717) is 17.3 Å². The van der Waals surface area contributed by atoms with Crippen LogP contribution in [0.5, 0.6) is 5.75 Å². The first kappa shape index (κ1) is 19.1. The van der Waals surface area contributed by atoms with Crippen molar-refractivity contribution in [2.24, 2.45) is 0 Å². The van der Waals surface area contributed by atoms with Gasteiger partial charge in [0.25, 0.3) is 5.91 Å². The van der Waals surface area contributed by atoms with Crippen LogP contribution in [0.15, 0.2) is 65.0 Å². The molecule has 0 aliphatic carbocycles. The Bertz CT molecular complexity index is 893. The molecular weight excluding hydrogens is 378 g/mol. The summed E-state index contributed by atoms with van der Waals surface area (Å²) in [5.74, 6) is 1.32. The molecule has 3 aromatic rings. The van der Waals surface area contributed by atoms with E-state index in [2.05, 4.69) is 39.8 Å². The lowest BCUT2D eigenvalue weighted by Crippen LogP contribution is -2.11. The molecule has 2 aromatic carbocycles. The van der Waals surface area contributed by atoms with Crippen LogP contribution in [-0.4, -0.2) is 28.5 Å². The highest BCUT2D eigenvalue weighted by Gasteiger charge is 2.10. The van der Waals surface area contributed by atoms with Gasteiger partial charge in [-0.15, -0.1) is 10.2 Å². The molecule has 0 saturated carbocycles. The number of rotatable bonds is 8. The topological polar surface area (TPSA) is 64.1 Å². The number of hydrogen-bond acceptors (Lipinski definition) is 6. The van der Waals surface area contributed by atoms with Crippen molar-refractivity contribution in [3.63, 3.8) is 0 Å². The molecule has 7 heteroatoms. The van der Waals surface area contributed by atoms with Gasteiger partial charge in [0, 0.05) is 11.3 Å². The number of hydrogen-bond donors (Lipinski definition) is 1. The first-order valence-corrected chi connectivity index (χ1v) is 10.3. The standard InChI is InChI=1S/C20H19N3O2S2/c1-2-25-17-12-10-16(11-13-17)18(24)21-19-22-23-20(27-19)26-14-6-9-15-7-4-3-5-8-15/h3-13H,2,14H2,1H3,(H,21,22,24)/b9-6+. The summed E-state index contributed by atoms with van der Waals surface area (Å²) in [7, 11) is 0. The van der Waals surface area contributed by atoms with Crippen molar-refractivity contribution in [2.45, 2.75) is 11.3 Å². The molecule has 1 N–H and O–H groups in total. The SMILES string of the molecule is CCOc1ccc(C(=O)Nc2nnc(SC/C=C/c3ccccc3)s2)cc1. The normalized spacial score (nSPS) is 10.9. The van der Waals surface area contributed by atoms with E-state index in [-0.39, 0.29) is 5.91 Å². The number of amides is 1. The number of thioether (sulfide) groups is 1. The molecule has 0 aliphatic heterocycles. The van der Waals surface area contributed by atoms with Gasteiger partial charge in [-0.05, 0) is 36.8 Å². The minimum Gasteiger partial charge on any atom is -0.494 e. The number of benzene rings is 2. The van der Waals surface area contributed by atoms with Crippen molar-refractivity contribution in [3.05, 3.63) is 71.8 Å². The summed E-state index contributed by atoms with van der Waals surface area (Å²) in [5, 5.41) is 11.4. The summed E-state index contributed by atoms with van der Waals surface area (Å²) in [6.07, 6.45) is 4.15. The van der Waals surface area contributed by atoms with Gasteiger partial charge in [0.15, 0.2) is 4.34 Å². The molecule has 0 saturated heterocycles. The second-order valence-electron chi connectivity index (χ2n) is 5.41. The van der Waals surface area contributed by atoms with Gasteiger partial charge in [0.05, 0.1) is 6.61 Å². The monoisotopic (exact) mass is 397 g/mol. The van der Waals surface area contributed by atoms with E-state index >= 15 is 0 Å². The fourth-order valence-electron chi connectivity index (χ4n) is 2.22. The fourth-order valence-corrected chi connectivity index (χ4v) is 3.81. The summed E-state index contributed by atoms with van der Waals surface area (Å²) >= 11 is 2.94. The van der Waals surface area contributed by atoms with Crippen LogP contribution in [0.25, 0.3) is 6.08 Å². The van der Waals surface area contributed by atoms with E-state index < -0.39 is 0 Å². The predicted molar refractivity (Wildman–Crippen MR) is 112 cm³/mol. The largest absolute Gasteiger partial charge is 0.494 e. The molecule has 1 aromatic heterocycles. The fraction of sp³-hybridized carbons (Fsp3) is 0.150. The third kappa shape index (κ3) is 5.94. The number of nitrogens with one attached hydrogen (secondary N) is 1. The molecule has 0 bridgehead atoms. The number of anilines is 1. The molecule has 27 heavy (non-hydrogen) atoms. The minimum absolute atomic E-state index is 0.213. The van der Waals surface area contributed by atoms with Crippen LogP contribution in [0.1, 0.15) is 22.8 Å². The minimum atomic E-state index is -0.213. The Kier molecular flexibility index (Phi) is 7.01. The highest BCUT2D eigenvalue weighted by molar-refractivity contribution is 8.01. The van der Waals surface area contributed by atoms with Gasteiger partial charge in [0.2, 0.25) is 5.13 Å². The molecule has 0 unspecified atom stereocenters. The summed E-state index contributed by atoms with van der Waals surface area (Å²) in [5.41, 5.74) is 1.72. The van der Waals surface area contributed by atoms with E-state index in [1.165, 1.54) is 16.9 Å². The van der Waals surface area contributed by atoms with Gasteiger partial charge in [-0.25, -0.2) is 0 Å². The molecule has 138 valence electrons. The second-order valence-corrected chi connectivity index (χ2v) is 7.65. The van der Waals surface area contributed by atoms with E-state index in [0.717, 1.165) is 15.8 Å². The second kappa shape index (κ2) is 9.89. The molecule has 1 amide bonds. The molecule has 0 aliphatic rings. The maximum atomic E-state index is 12.3. The number of ether oxygens (including phenoxy) is 1. The lowest BCUT2D eigenvalue weighted by atomic mass is 10.2. The van der Waals surface area contributed by atoms with Crippen LogP contribution in [-0.2, 0) is 0 Å². The van der Waals surface area contributed by atoms with Gasteiger partial charge in [-0.2, -0.15) is 0 Å². The number of aromatic nitrogens is 2. The number of carbonyl (C=O) groups excluding carboxylic acids is 1. The average Bonchev–Trinajstić information content (AvgIpc) is 3.14. The third-order valence-electron chi connectivity index (χ3n) is 3.47. The Morgan fingerprint density at radius 2 is 1.93 bits per heavy atom. The van der Waals surface area contributed by atoms with Crippen molar-refractivity contribution >= 4 is 40.2 Å². The maximum absolute atomic E-state index is 12.3. The van der Waals surface area contributed by atoms with E-state index in [1.807, 2.05) is 25.1 Å². The number of carbonyl (C=O) groups is 1. The van der Waals surface area contributed by atoms with Crippen LogP contribution >= 0.6 is 23.1 Å². The highest BCUT2D eigenvalue weighted by atomic mass is 32.2. The van der Waals surface area contributed by atoms with Crippen molar-refractivity contribution in [2.75, 3.05) is 17.7 Å². The quantitative estimate of drug-likeness (QED) is 0.428. The molecular formula is C20H19N3O2S2. The van der Waals surface area contributed by atoms with Gasteiger partial charge in [0.1, 0.15) is 5.75 Å². The first-order valence-electron chi connectivity index (χ1n) is 8.46. The van der Waals surface area contributed by atoms with Crippen LogP contribution in [0.2, 0.25) is 0 Å². The van der Waals surface area contributed by atoms with Crippen LogP contribution < -0.4 is 10.1 Å². The molecule has 5 nitrogen and oxygen atoms in total. The Balaban J connectivity index is 1.50. The number of nitrogens with zero attached hydrogens (tertiary/aromatic N) is 2. The summed E-state index contributed by atoms with van der Waals surface area (Å²) in [4.78, 5) is 12.3. The van der Waals surface area contributed by atoms with Gasteiger partial charge in [-0.3, -0.25) is 10.1 Å². The van der Waals surface area contributed by atoms with Gasteiger partial charge < -0.3 is 4.74 Å². The Morgan fingerprint density at radius 3 is 2.67 bits per heavy atom. The summed E-state index contributed by atoms with van der Waals surface area (Å²) in [6.45, 7) is 2.51. The van der Waals surface area contributed by atoms with Gasteiger partial charge >= 0.3 is 0 Å². The van der Waals surface area contributed by atoms with E-state index in [1.54, 1.807) is 36.0 Å². The Hall–Kier alpha value is -2.64. The van der Waals surface area contributed by atoms with E-state index in [9.17, 15) is 4.79 Å². The zero-order chi connectivity index (χ0) is 18.9. The molecule has 1 heterocycles. The average molecular weight is 398 g/mol. The van der Waals surface area contributed by atoms with Crippen LogP contribution in [0.4, 0.5) is 5.13 Å². The van der Waals surface area contributed by atoms with Crippen LogP contribution in [0, 0.1) is 0 Å². The Labute approximate surface area is 166 Å².